The predicted octanol–water partition coefficient (Wildman–Crippen LogP) is 1.57. The topological polar surface area (TPSA) is 75.6 Å². The van der Waals surface area contributed by atoms with Crippen LogP contribution in [-0.2, 0) is 14.3 Å². The summed E-state index contributed by atoms with van der Waals surface area (Å²) in [7, 11) is 1.23. The maximum atomic E-state index is 12.3. The highest BCUT2D eigenvalue weighted by Gasteiger charge is 2.37. The summed E-state index contributed by atoms with van der Waals surface area (Å²) in [6.07, 6.45) is 0. The third-order valence-corrected chi connectivity index (χ3v) is 3.61. The molecule has 2 N–H and O–H groups in total. The largest absolute Gasteiger partial charge is 0.478 e. The van der Waals surface area contributed by atoms with Crippen LogP contribution in [0.2, 0.25) is 0 Å². The minimum absolute atomic E-state index is 0.274. The normalized spacial score (nSPS) is 15.2. The summed E-state index contributed by atoms with van der Waals surface area (Å²) in [5.41, 5.74) is 0.0287. The number of aryl methyl sites for hydroxylation is 1. The second-order valence-corrected chi connectivity index (χ2v) is 4.99. The first-order valence-electron chi connectivity index (χ1n) is 6.12. The van der Waals surface area contributed by atoms with Crippen LogP contribution in [0.15, 0.2) is 24.3 Å². The quantitative estimate of drug-likeness (QED) is 0.550. The number of carboxylic acid groups (broad SMARTS) is 1. The highest BCUT2D eigenvalue weighted by Crippen LogP contribution is 2.22. The van der Waals surface area contributed by atoms with Crippen molar-refractivity contribution in [2.75, 3.05) is 12.9 Å². The number of methoxy groups -OCH3 is 1. The molecule has 5 nitrogen and oxygen atoms in total. The Morgan fingerprint density at radius 2 is 2.05 bits per heavy atom. The van der Waals surface area contributed by atoms with Crippen molar-refractivity contribution in [1.29, 1.82) is 0 Å². The van der Waals surface area contributed by atoms with Gasteiger partial charge in [0.2, 0.25) is 11.6 Å². The monoisotopic (exact) mass is 297 g/mol. The number of thiol groups is 1. The number of carbonyl (C=O) groups excluding carboxylic acids is 1. The van der Waals surface area contributed by atoms with Gasteiger partial charge in [-0.3, -0.25) is 4.79 Å². The summed E-state index contributed by atoms with van der Waals surface area (Å²) in [5, 5.41) is 11.5. The lowest BCUT2D eigenvalue weighted by Gasteiger charge is -2.27. The number of hydrogen-bond acceptors (Lipinski definition) is 4. The van der Waals surface area contributed by atoms with Gasteiger partial charge in [-0.2, -0.15) is 12.6 Å². The van der Waals surface area contributed by atoms with E-state index in [0.29, 0.717) is 0 Å². The molecule has 1 amide bonds. The lowest BCUT2D eigenvalue weighted by Crippen LogP contribution is -2.55. The van der Waals surface area contributed by atoms with Gasteiger partial charge in [0.15, 0.2) is 0 Å². The first-order valence-corrected chi connectivity index (χ1v) is 6.76. The molecule has 110 valence electrons. The van der Waals surface area contributed by atoms with E-state index in [0.717, 1.165) is 11.1 Å². The molecule has 1 rings (SSSR count). The average Bonchev–Trinajstić information content (AvgIpc) is 2.41. The molecule has 0 aliphatic carbocycles. The number of amides is 1. The number of nitrogens with one attached hydrogen (secondary N) is 1. The van der Waals surface area contributed by atoms with Gasteiger partial charge in [-0.05, 0) is 25.0 Å². The highest BCUT2D eigenvalue weighted by atomic mass is 32.1. The van der Waals surface area contributed by atoms with Crippen LogP contribution in [0, 0.1) is 6.92 Å². The van der Waals surface area contributed by atoms with E-state index in [1.54, 1.807) is 0 Å². The van der Waals surface area contributed by atoms with Crippen LogP contribution in [0.5, 0.6) is 0 Å². The van der Waals surface area contributed by atoms with Gasteiger partial charge < -0.3 is 15.2 Å². The van der Waals surface area contributed by atoms with E-state index >= 15 is 0 Å². The molecule has 0 aliphatic rings. The Hall–Kier alpha value is -1.53. The average molecular weight is 297 g/mol. The van der Waals surface area contributed by atoms with Crippen molar-refractivity contribution in [2.24, 2.45) is 0 Å². The molecule has 2 atom stereocenters. The first kappa shape index (κ1) is 16.5. The van der Waals surface area contributed by atoms with Gasteiger partial charge in [0.05, 0.1) is 5.92 Å². The summed E-state index contributed by atoms with van der Waals surface area (Å²) >= 11 is 4.20. The second-order valence-electron chi connectivity index (χ2n) is 4.62. The lowest BCUT2D eigenvalue weighted by atomic mass is 9.95. The van der Waals surface area contributed by atoms with Crippen LogP contribution in [0.1, 0.15) is 24.0 Å². The number of carbonyl (C=O) groups is 2. The summed E-state index contributed by atoms with van der Waals surface area (Å²) < 4.78 is 4.87. The Morgan fingerprint density at radius 3 is 2.50 bits per heavy atom. The number of ether oxygens (including phenoxy) is 1. The van der Waals surface area contributed by atoms with Crippen molar-refractivity contribution in [1.82, 2.24) is 5.32 Å². The molecule has 0 saturated heterocycles. The van der Waals surface area contributed by atoms with Crippen molar-refractivity contribution in [3.63, 3.8) is 0 Å². The zero-order valence-electron chi connectivity index (χ0n) is 11.7. The van der Waals surface area contributed by atoms with E-state index in [1.165, 1.54) is 14.0 Å². The summed E-state index contributed by atoms with van der Waals surface area (Å²) in [6.45, 7) is 3.19. The zero-order chi connectivity index (χ0) is 15.3. The van der Waals surface area contributed by atoms with E-state index < -0.39 is 23.5 Å². The summed E-state index contributed by atoms with van der Waals surface area (Å²) in [5.74, 6) is -1.94. The van der Waals surface area contributed by atoms with E-state index in [2.05, 4.69) is 17.9 Å². The summed E-state index contributed by atoms with van der Waals surface area (Å²) in [4.78, 5) is 23.4. The van der Waals surface area contributed by atoms with Crippen LogP contribution in [0.25, 0.3) is 0 Å². The number of hydrogen-bond donors (Lipinski definition) is 3. The molecule has 0 saturated carbocycles. The van der Waals surface area contributed by atoms with Crippen molar-refractivity contribution in [3.05, 3.63) is 35.4 Å². The number of aliphatic carboxylic acids is 1. The van der Waals surface area contributed by atoms with Gasteiger partial charge in [-0.25, -0.2) is 4.79 Å². The smallest absolute Gasteiger partial charge is 0.357 e. The van der Waals surface area contributed by atoms with Gasteiger partial charge in [0, 0.05) is 12.9 Å². The second kappa shape index (κ2) is 6.76. The predicted molar refractivity (Wildman–Crippen MR) is 79.0 cm³/mol. The lowest BCUT2D eigenvalue weighted by molar-refractivity contribution is -0.167. The Balaban J connectivity index is 3.00. The number of benzene rings is 1. The fraction of sp³-hybridized carbons (Fsp3) is 0.429. The standard InChI is InChI=1S/C14H19NO4S/c1-9-6-4-5-7-10(9)11(8-20)12(16)15-14(2,19-3)13(17)18/h4-7,11,20H,8H2,1-3H3,(H,15,16)(H,17,18)/t11-,14-/m0/s1. The highest BCUT2D eigenvalue weighted by molar-refractivity contribution is 7.80. The Bertz CT molecular complexity index is 506. The van der Waals surface area contributed by atoms with Crippen molar-refractivity contribution >= 4 is 24.5 Å². The SMILES string of the molecule is CO[C@](C)(NC(=O)[C@@H](CS)c1ccccc1C)C(=O)O. The van der Waals surface area contributed by atoms with E-state index in [4.69, 9.17) is 9.84 Å². The Labute approximate surface area is 123 Å². The zero-order valence-corrected chi connectivity index (χ0v) is 12.6. The molecular weight excluding hydrogens is 278 g/mol. The Kier molecular flexibility index (Phi) is 5.59. The molecular formula is C14H19NO4S. The van der Waals surface area contributed by atoms with Crippen LogP contribution < -0.4 is 5.32 Å². The maximum Gasteiger partial charge on any atom is 0.357 e. The van der Waals surface area contributed by atoms with Crippen LogP contribution in [-0.4, -0.2) is 35.6 Å². The molecule has 1 aromatic carbocycles. The first-order chi connectivity index (χ1) is 9.35. The molecule has 0 unspecified atom stereocenters. The molecule has 1 aromatic rings. The van der Waals surface area contributed by atoms with E-state index in [1.807, 2.05) is 31.2 Å². The molecule has 0 spiro atoms. The molecule has 0 heterocycles. The third kappa shape index (κ3) is 3.52. The van der Waals surface area contributed by atoms with Crippen LogP contribution >= 0.6 is 12.6 Å². The fourth-order valence-electron chi connectivity index (χ4n) is 1.81. The van der Waals surface area contributed by atoms with Crippen LogP contribution in [0.3, 0.4) is 0 Å². The van der Waals surface area contributed by atoms with E-state index in [-0.39, 0.29) is 5.75 Å². The van der Waals surface area contributed by atoms with Gasteiger partial charge in [-0.1, -0.05) is 24.3 Å². The van der Waals surface area contributed by atoms with Crippen molar-refractivity contribution < 1.29 is 19.4 Å². The molecule has 0 aromatic heterocycles. The van der Waals surface area contributed by atoms with Gasteiger partial charge in [0.1, 0.15) is 0 Å². The summed E-state index contributed by atoms with van der Waals surface area (Å²) in [6, 6.07) is 7.44. The number of rotatable bonds is 6. The molecule has 6 heteroatoms. The van der Waals surface area contributed by atoms with Gasteiger partial charge in [-0.15, -0.1) is 0 Å². The fourth-order valence-corrected chi connectivity index (χ4v) is 2.18. The minimum atomic E-state index is -1.75. The molecule has 0 fully saturated rings. The molecule has 20 heavy (non-hydrogen) atoms. The van der Waals surface area contributed by atoms with Gasteiger partial charge >= 0.3 is 5.97 Å². The molecule has 0 bridgehead atoms. The maximum absolute atomic E-state index is 12.3. The van der Waals surface area contributed by atoms with Crippen LogP contribution in [0.4, 0.5) is 0 Å². The minimum Gasteiger partial charge on any atom is -0.478 e. The van der Waals surface area contributed by atoms with Crippen molar-refractivity contribution in [2.45, 2.75) is 25.5 Å². The third-order valence-electron chi connectivity index (χ3n) is 3.24. The van der Waals surface area contributed by atoms with Gasteiger partial charge in [0.25, 0.3) is 0 Å². The van der Waals surface area contributed by atoms with E-state index in [9.17, 15) is 9.59 Å². The molecule has 0 aliphatic heterocycles. The molecule has 0 radical (unpaired) electrons. The van der Waals surface area contributed by atoms with Crippen molar-refractivity contribution in [3.8, 4) is 0 Å². The Morgan fingerprint density at radius 1 is 1.45 bits per heavy atom. The number of carboxylic acids is 1.